The van der Waals surface area contributed by atoms with Crippen molar-refractivity contribution >= 4 is 23.2 Å². The Balaban J connectivity index is 1.33. The van der Waals surface area contributed by atoms with Crippen LogP contribution in [0.1, 0.15) is 25.7 Å². The number of anilines is 2. The second-order valence-electron chi connectivity index (χ2n) is 7.17. The lowest BCUT2D eigenvalue weighted by Gasteiger charge is -2.22. The van der Waals surface area contributed by atoms with Gasteiger partial charge in [-0.3, -0.25) is 14.3 Å². The van der Waals surface area contributed by atoms with Crippen LogP contribution in [0.5, 0.6) is 0 Å². The number of nitrogens with one attached hydrogen (secondary N) is 1. The summed E-state index contributed by atoms with van der Waals surface area (Å²) in [5.74, 6) is -0.524. The molecule has 7 heteroatoms. The SMILES string of the molecule is O=C(Nc1cnn(CC2CCCCO2)c1)C1CC(=O)N(c2ccccc2)C1. The molecule has 27 heavy (non-hydrogen) atoms. The van der Waals surface area contributed by atoms with Crippen molar-refractivity contribution in [3.63, 3.8) is 0 Å². The fourth-order valence-electron chi connectivity index (χ4n) is 3.67. The number of para-hydroxylation sites is 1. The van der Waals surface area contributed by atoms with Crippen LogP contribution in [0.3, 0.4) is 0 Å². The van der Waals surface area contributed by atoms with Gasteiger partial charge in [-0.15, -0.1) is 0 Å². The molecule has 7 nitrogen and oxygen atoms in total. The average molecular weight is 368 g/mol. The van der Waals surface area contributed by atoms with Crippen LogP contribution in [0.25, 0.3) is 0 Å². The molecule has 1 N–H and O–H groups in total. The van der Waals surface area contributed by atoms with Gasteiger partial charge in [0.25, 0.3) is 0 Å². The van der Waals surface area contributed by atoms with Crippen LogP contribution in [-0.4, -0.2) is 40.9 Å². The minimum atomic E-state index is -0.359. The van der Waals surface area contributed by atoms with Gasteiger partial charge in [0.2, 0.25) is 11.8 Å². The van der Waals surface area contributed by atoms with Crippen LogP contribution in [0.15, 0.2) is 42.7 Å². The lowest BCUT2D eigenvalue weighted by molar-refractivity contribution is -0.122. The van der Waals surface area contributed by atoms with Crippen molar-refractivity contribution in [2.45, 2.75) is 38.3 Å². The summed E-state index contributed by atoms with van der Waals surface area (Å²) in [7, 11) is 0. The van der Waals surface area contributed by atoms with Gasteiger partial charge >= 0.3 is 0 Å². The number of ether oxygens (including phenoxy) is 1. The Morgan fingerprint density at radius 3 is 2.89 bits per heavy atom. The zero-order chi connectivity index (χ0) is 18.6. The quantitative estimate of drug-likeness (QED) is 0.879. The van der Waals surface area contributed by atoms with Crippen LogP contribution in [-0.2, 0) is 20.9 Å². The van der Waals surface area contributed by atoms with E-state index < -0.39 is 0 Å². The van der Waals surface area contributed by atoms with Crippen molar-refractivity contribution in [3.8, 4) is 0 Å². The summed E-state index contributed by atoms with van der Waals surface area (Å²) < 4.78 is 7.54. The Morgan fingerprint density at radius 1 is 1.26 bits per heavy atom. The van der Waals surface area contributed by atoms with E-state index in [1.54, 1.807) is 11.1 Å². The Labute approximate surface area is 158 Å². The van der Waals surface area contributed by atoms with E-state index in [0.29, 0.717) is 18.8 Å². The molecule has 2 unspecified atom stereocenters. The first kappa shape index (κ1) is 17.7. The van der Waals surface area contributed by atoms with Gasteiger partial charge in [0.05, 0.1) is 30.5 Å². The van der Waals surface area contributed by atoms with Crippen LogP contribution >= 0.6 is 0 Å². The summed E-state index contributed by atoms with van der Waals surface area (Å²) >= 11 is 0. The number of carbonyl (C=O) groups excluding carboxylic acids is 2. The highest BCUT2D eigenvalue weighted by atomic mass is 16.5. The first-order valence-corrected chi connectivity index (χ1v) is 9.49. The molecule has 142 valence electrons. The Bertz CT molecular complexity index is 799. The van der Waals surface area contributed by atoms with Crippen molar-refractivity contribution in [1.82, 2.24) is 9.78 Å². The van der Waals surface area contributed by atoms with E-state index in [0.717, 1.165) is 25.1 Å². The highest BCUT2D eigenvalue weighted by Crippen LogP contribution is 2.25. The maximum absolute atomic E-state index is 12.6. The maximum Gasteiger partial charge on any atom is 0.229 e. The van der Waals surface area contributed by atoms with Gasteiger partial charge < -0.3 is 15.0 Å². The first-order chi connectivity index (χ1) is 13.2. The predicted molar refractivity (Wildman–Crippen MR) is 101 cm³/mol. The van der Waals surface area contributed by atoms with Gasteiger partial charge in [0, 0.05) is 31.5 Å². The second-order valence-corrected chi connectivity index (χ2v) is 7.17. The largest absolute Gasteiger partial charge is 0.376 e. The molecule has 2 atom stereocenters. The van der Waals surface area contributed by atoms with E-state index in [1.807, 2.05) is 41.2 Å². The molecule has 2 fully saturated rings. The van der Waals surface area contributed by atoms with Gasteiger partial charge in [-0.2, -0.15) is 5.10 Å². The minimum absolute atomic E-state index is 0.0218. The van der Waals surface area contributed by atoms with Gasteiger partial charge in [-0.25, -0.2) is 0 Å². The Kier molecular flexibility index (Phi) is 5.20. The van der Waals surface area contributed by atoms with Crippen molar-refractivity contribution in [3.05, 3.63) is 42.7 Å². The predicted octanol–water partition coefficient (Wildman–Crippen LogP) is 2.44. The van der Waals surface area contributed by atoms with Crippen LogP contribution in [0.4, 0.5) is 11.4 Å². The summed E-state index contributed by atoms with van der Waals surface area (Å²) in [5, 5.41) is 7.20. The highest BCUT2D eigenvalue weighted by Gasteiger charge is 2.35. The molecule has 0 aliphatic carbocycles. The maximum atomic E-state index is 12.6. The number of benzene rings is 1. The van der Waals surface area contributed by atoms with Crippen molar-refractivity contribution in [1.29, 1.82) is 0 Å². The number of carbonyl (C=O) groups is 2. The van der Waals surface area contributed by atoms with E-state index in [9.17, 15) is 9.59 Å². The van der Waals surface area contributed by atoms with E-state index in [4.69, 9.17) is 4.74 Å². The fraction of sp³-hybridized carbons (Fsp3) is 0.450. The minimum Gasteiger partial charge on any atom is -0.376 e. The Morgan fingerprint density at radius 2 is 2.11 bits per heavy atom. The van der Waals surface area contributed by atoms with Gasteiger partial charge in [-0.1, -0.05) is 18.2 Å². The zero-order valence-corrected chi connectivity index (χ0v) is 15.2. The van der Waals surface area contributed by atoms with Crippen LogP contribution in [0, 0.1) is 5.92 Å². The number of hydrogen-bond acceptors (Lipinski definition) is 4. The average Bonchev–Trinajstić information content (AvgIpc) is 3.30. The summed E-state index contributed by atoms with van der Waals surface area (Å²) in [6.45, 7) is 1.90. The molecular weight excluding hydrogens is 344 g/mol. The van der Waals surface area contributed by atoms with Crippen LogP contribution in [0.2, 0.25) is 0 Å². The monoisotopic (exact) mass is 368 g/mol. The lowest BCUT2D eigenvalue weighted by Crippen LogP contribution is -2.28. The number of rotatable bonds is 5. The summed E-state index contributed by atoms with van der Waals surface area (Å²) in [6, 6.07) is 9.45. The topological polar surface area (TPSA) is 76.5 Å². The number of amides is 2. The summed E-state index contributed by atoms with van der Waals surface area (Å²) in [6.07, 6.45) is 7.23. The normalized spacial score (nSPS) is 22.8. The number of aromatic nitrogens is 2. The fourth-order valence-corrected chi connectivity index (χ4v) is 3.67. The number of hydrogen-bond donors (Lipinski definition) is 1. The molecule has 2 aliphatic rings. The molecular formula is C20H24N4O3. The van der Waals surface area contributed by atoms with Crippen molar-refractivity contribution < 1.29 is 14.3 Å². The first-order valence-electron chi connectivity index (χ1n) is 9.49. The van der Waals surface area contributed by atoms with E-state index in [1.165, 1.54) is 6.42 Å². The third-order valence-corrected chi connectivity index (χ3v) is 5.13. The molecule has 2 amide bonds. The lowest BCUT2D eigenvalue weighted by atomic mass is 10.1. The van der Waals surface area contributed by atoms with Gasteiger partial charge in [-0.05, 0) is 31.4 Å². The molecule has 1 aromatic carbocycles. The van der Waals surface area contributed by atoms with Crippen LogP contribution < -0.4 is 10.2 Å². The summed E-state index contributed by atoms with van der Waals surface area (Å²) in [4.78, 5) is 26.5. The zero-order valence-electron chi connectivity index (χ0n) is 15.2. The van der Waals surface area contributed by atoms with E-state index >= 15 is 0 Å². The standard InChI is InChI=1S/C20H24N4O3/c25-19-10-15(12-24(19)17-6-2-1-3-7-17)20(26)22-16-11-21-23(13-16)14-18-8-4-5-9-27-18/h1-3,6-7,11,13,15,18H,4-5,8-10,12,14H2,(H,22,26). The molecule has 0 spiro atoms. The molecule has 3 heterocycles. The molecule has 4 rings (SSSR count). The smallest absolute Gasteiger partial charge is 0.229 e. The molecule has 0 radical (unpaired) electrons. The third-order valence-electron chi connectivity index (χ3n) is 5.13. The third kappa shape index (κ3) is 4.19. The molecule has 2 saturated heterocycles. The summed E-state index contributed by atoms with van der Waals surface area (Å²) in [5.41, 5.74) is 1.49. The van der Waals surface area contributed by atoms with E-state index in [2.05, 4.69) is 10.4 Å². The molecule has 2 aromatic rings. The van der Waals surface area contributed by atoms with Gasteiger partial charge in [0.1, 0.15) is 0 Å². The number of nitrogens with zero attached hydrogens (tertiary/aromatic N) is 3. The second kappa shape index (κ2) is 7.92. The molecule has 0 bridgehead atoms. The van der Waals surface area contributed by atoms with Crippen molar-refractivity contribution in [2.75, 3.05) is 23.4 Å². The Hall–Kier alpha value is -2.67. The molecule has 2 aliphatic heterocycles. The molecule has 1 aromatic heterocycles. The molecule has 0 saturated carbocycles. The van der Waals surface area contributed by atoms with Gasteiger partial charge in [0.15, 0.2) is 0 Å². The highest BCUT2D eigenvalue weighted by molar-refractivity contribution is 6.03. The van der Waals surface area contributed by atoms with Crippen molar-refractivity contribution in [2.24, 2.45) is 5.92 Å². The van der Waals surface area contributed by atoms with E-state index in [-0.39, 0.29) is 30.3 Å².